The SMILES string of the molecule is COc1ccc(C(=O)OCC2O[C@H](OI3OC(COC(=O)c4ccc(OC)cc4OCc4ccccc4)[C@@H](OCc4ccccc4)C(OCc4ccccc4)[C@@H]3OCc3ccccc3)C(OCc3ccccc3)C(OCc3ccccc3)[C@@H]2OCc2ccccc2)c(OCc2ccccc2)c1. The van der Waals surface area contributed by atoms with E-state index in [1.54, 1.807) is 50.6 Å². The Balaban J connectivity index is 0.947. The Kier molecular flexibility index (Phi) is 26.5. The molecule has 0 aromatic heterocycles. The predicted octanol–water partition coefficient (Wildman–Crippen LogP) is 15.8. The summed E-state index contributed by atoms with van der Waals surface area (Å²) in [6.07, 6.45) is -8.61. The summed E-state index contributed by atoms with van der Waals surface area (Å²) in [6.45, 7) is 0.231. The van der Waals surface area contributed by atoms with Crippen LogP contribution in [0.3, 0.4) is 0 Å². The first-order valence-electron chi connectivity index (χ1n) is 33.5. The Labute approximate surface area is 597 Å². The zero-order valence-corrected chi connectivity index (χ0v) is 58.3. The number of hydrogen-bond donors (Lipinski definition) is 0. The average Bonchev–Trinajstić information content (AvgIpc) is 0.772. The summed E-state index contributed by atoms with van der Waals surface area (Å²) in [4.78, 5) is 29.7. The van der Waals surface area contributed by atoms with E-state index in [1.807, 2.05) is 243 Å². The van der Waals surface area contributed by atoms with Gasteiger partial charge in [-0.05, 0) is 0 Å². The van der Waals surface area contributed by atoms with E-state index in [-0.39, 0.29) is 88.7 Å². The van der Waals surface area contributed by atoms with E-state index < -0.39 is 85.7 Å². The van der Waals surface area contributed by atoms with E-state index >= 15 is 0 Å². The molecule has 2 heterocycles. The summed E-state index contributed by atoms with van der Waals surface area (Å²) in [7, 11) is 3.09. The Morgan fingerprint density at radius 3 is 1.01 bits per heavy atom. The molecular weight excluding hydrogens is 1400 g/mol. The molecule has 0 bridgehead atoms. The minimum atomic E-state index is -3.91. The van der Waals surface area contributed by atoms with Crippen molar-refractivity contribution < 1.29 is 77.3 Å². The van der Waals surface area contributed by atoms with Gasteiger partial charge in [0, 0.05) is 0 Å². The van der Waals surface area contributed by atoms with Crippen molar-refractivity contribution >= 4 is 32.6 Å². The van der Waals surface area contributed by atoms with Gasteiger partial charge in [0.1, 0.15) is 0 Å². The van der Waals surface area contributed by atoms with E-state index in [4.69, 9.17) is 67.7 Å². The fraction of sp³-hybridized carbons (Fsp3) is 0.253. The number of carbonyl (C=O) groups excluding carboxylic acids is 2. The molecule has 18 heteroatoms. The third-order valence-electron chi connectivity index (χ3n) is 16.8. The van der Waals surface area contributed by atoms with Crippen LogP contribution in [0.15, 0.2) is 279 Å². The molecule has 101 heavy (non-hydrogen) atoms. The van der Waals surface area contributed by atoms with Gasteiger partial charge < -0.3 is 0 Å². The van der Waals surface area contributed by atoms with Crippen molar-refractivity contribution in [2.75, 3.05) is 27.4 Å². The van der Waals surface area contributed by atoms with Crippen molar-refractivity contribution in [1.82, 2.24) is 0 Å². The number of ether oxygens (including phenoxy) is 13. The van der Waals surface area contributed by atoms with Crippen molar-refractivity contribution in [2.24, 2.45) is 0 Å². The Morgan fingerprint density at radius 1 is 0.337 bits per heavy atom. The first kappa shape index (κ1) is 71.5. The molecule has 2 aliphatic heterocycles. The van der Waals surface area contributed by atoms with Crippen LogP contribution in [0.4, 0.5) is 0 Å². The molecule has 9 atom stereocenters. The van der Waals surface area contributed by atoms with Crippen molar-refractivity contribution in [3.63, 3.8) is 0 Å². The topological polar surface area (TPSA) is 173 Å². The van der Waals surface area contributed by atoms with Gasteiger partial charge in [-0.3, -0.25) is 0 Å². The van der Waals surface area contributed by atoms with Gasteiger partial charge in [0.25, 0.3) is 0 Å². The van der Waals surface area contributed by atoms with E-state index in [0.29, 0.717) is 11.5 Å². The summed E-state index contributed by atoms with van der Waals surface area (Å²) in [5.74, 6) is 0.0619. The molecule has 0 spiro atoms. The number of methoxy groups -OCH3 is 2. The van der Waals surface area contributed by atoms with Gasteiger partial charge in [0.15, 0.2) is 0 Å². The summed E-state index contributed by atoms with van der Waals surface area (Å²) in [5, 5.41) is 0. The van der Waals surface area contributed by atoms with Crippen LogP contribution in [0.1, 0.15) is 65.2 Å². The van der Waals surface area contributed by atoms with Crippen molar-refractivity contribution in [3.8, 4) is 23.0 Å². The molecule has 2 saturated heterocycles. The normalized spacial score (nSPS) is 19.9. The minimum absolute atomic E-state index is 0.0798. The molecule has 10 aromatic rings. The van der Waals surface area contributed by atoms with E-state index in [1.165, 1.54) is 0 Å². The molecule has 0 amide bonds. The molecule has 12 rings (SSSR count). The summed E-state index contributed by atoms with van der Waals surface area (Å²) in [6, 6.07) is 87.8. The fourth-order valence-corrected chi connectivity index (χ4v) is 15.8. The molecule has 2 aliphatic rings. The maximum absolute atomic E-state index is 14.9. The van der Waals surface area contributed by atoms with Gasteiger partial charge in [-0.1, -0.05) is 36.4 Å². The standard InChI is InChI=1S/C83H81IO17/c1-87-67-43-45-69(71(47-67)89-49-59-27-11-3-12-28-59)81(85)97-57-73-75(91-51-61-31-15-5-16-32-61)77(93-53-63-35-19-7-20-36-63)79(95-55-65-39-23-9-24-40-65)83(99-73)101-84-80(96-56-66-41-25-10-26-42-66)78(94-54-64-37-21-8-22-38-64)76(92-52-62-33-17-6-18-34-62)74(100-84)58-98-82(86)70-46-44-68(88-2)48-72(70)90-50-60-29-13-4-14-30-60/h3-48,73-80,83H,49-58H2,1-2H3/t73?,74?,75-,76-,77?,78?,79?,80+,83-/m1/s1. The van der Waals surface area contributed by atoms with Crippen molar-refractivity contribution in [2.45, 2.75) is 106 Å². The van der Waals surface area contributed by atoms with Crippen LogP contribution in [0.25, 0.3) is 0 Å². The second-order valence-electron chi connectivity index (χ2n) is 23.9. The number of esters is 2. The number of hydrogen-bond acceptors (Lipinski definition) is 17. The first-order chi connectivity index (χ1) is 49.8. The zero-order valence-electron chi connectivity index (χ0n) is 56.1. The van der Waals surface area contributed by atoms with E-state index in [0.717, 1.165) is 44.5 Å². The average molecular weight is 1480 g/mol. The van der Waals surface area contributed by atoms with Crippen LogP contribution in [-0.2, 0) is 102 Å². The van der Waals surface area contributed by atoms with Crippen molar-refractivity contribution in [3.05, 3.63) is 335 Å². The van der Waals surface area contributed by atoms with Crippen molar-refractivity contribution in [1.29, 1.82) is 0 Å². The molecular formula is C83H81IO17. The van der Waals surface area contributed by atoms with Crippen LogP contribution < -0.4 is 18.9 Å². The maximum atomic E-state index is 14.9. The van der Waals surface area contributed by atoms with E-state index in [2.05, 4.69) is 0 Å². The molecule has 0 N–H and O–H groups in total. The van der Waals surface area contributed by atoms with Crippen LogP contribution >= 0.6 is 20.6 Å². The van der Waals surface area contributed by atoms with Gasteiger partial charge in [0.05, 0.1) is 7.11 Å². The predicted molar refractivity (Wildman–Crippen MR) is 387 cm³/mol. The molecule has 0 saturated carbocycles. The number of alkyl halides is 1. The molecule has 2 fully saturated rings. The third kappa shape index (κ3) is 20.5. The zero-order chi connectivity index (χ0) is 69.2. The van der Waals surface area contributed by atoms with E-state index in [9.17, 15) is 9.59 Å². The summed E-state index contributed by atoms with van der Waals surface area (Å²) >= 11 is -3.91. The summed E-state index contributed by atoms with van der Waals surface area (Å²) in [5.41, 5.74) is 7.29. The Bertz CT molecular complexity index is 3830. The first-order valence-corrected chi connectivity index (χ1v) is 36.5. The Morgan fingerprint density at radius 2 is 0.644 bits per heavy atom. The van der Waals surface area contributed by atoms with Gasteiger partial charge >= 0.3 is 557 Å². The molecule has 522 valence electrons. The molecule has 17 nitrogen and oxygen atoms in total. The van der Waals surface area contributed by atoms with Crippen LogP contribution in [-0.4, -0.2) is 92.5 Å². The quantitative estimate of drug-likeness (QED) is 0.0212. The second-order valence-corrected chi connectivity index (χ2v) is 27.5. The number of carbonyl (C=O) groups is 2. The van der Waals surface area contributed by atoms with Crippen LogP contribution in [0, 0.1) is 0 Å². The molecule has 0 aliphatic carbocycles. The third-order valence-corrected chi connectivity index (χ3v) is 21.0. The van der Waals surface area contributed by atoms with Gasteiger partial charge in [0.2, 0.25) is 0 Å². The molecule has 0 radical (unpaired) electrons. The summed E-state index contributed by atoms with van der Waals surface area (Å²) < 4.78 is 101. The molecule has 10 aromatic carbocycles. The van der Waals surface area contributed by atoms with Crippen LogP contribution in [0.2, 0.25) is 0 Å². The molecule has 5 unspecified atom stereocenters. The fourth-order valence-electron chi connectivity index (χ4n) is 11.5. The number of halogens is 1. The number of rotatable bonds is 34. The van der Waals surface area contributed by atoms with Gasteiger partial charge in [-0.2, -0.15) is 0 Å². The van der Waals surface area contributed by atoms with Gasteiger partial charge in [-0.25, -0.2) is 0 Å². The number of benzene rings is 10. The van der Waals surface area contributed by atoms with Gasteiger partial charge in [-0.15, -0.1) is 0 Å². The Hall–Kier alpha value is -9.29. The second kappa shape index (κ2) is 37.4. The van der Waals surface area contributed by atoms with Crippen LogP contribution in [0.5, 0.6) is 23.0 Å². The monoisotopic (exact) mass is 1480 g/mol.